The van der Waals surface area contributed by atoms with Crippen LogP contribution in [-0.4, -0.2) is 48.6 Å². The number of carbonyl (C=O) groups excluding carboxylic acids is 1. The maximum Gasteiger partial charge on any atom is 0.251 e. The Balaban J connectivity index is 1.63. The Morgan fingerprint density at radius 3 is 2.58 bits per heavy atom. The summed E-state index contributed by atoms with van der Waals surface area (Å²) in [6.07, 6.45) is 4.20. The van der Waals surface area contributed by atoms with E-state index in [4.69, 9.17) is 4.74 Å². The van der Waals surface area contributed by atoms with Gasteiger partial charge in [0.2, 0.25) is 0 Å². The summed E-state index contributed by atoms with van der Waals surface area (Å²) in [7, 11) is 5.07. The number of anilines is 2. The number of hydrogen-bond acceptors (Lipinski definition) is 7. The first-order valence-corrected chi connectivity index (χ1v) is 10.2. The summed E-state index contributed by atoms with van der Waals surface area (Å²) in [5.41, 5.74) is 3.39. The van der Waals surface area contributed by atoms with Crippen molar-refractivity contribution in [3.05, 3.63) is 60.0 Å². The zero-order chi connectivity index (χ0) is 22.2. The summed E-state index contributed by atoms with van der Waals surface area (Å²) >= 11 is 0. The molecule has 1 atom stereocenters. The van der Waals surface area contributed by atoms with Crippen LogP contribution < -0.4 is 20.7 Å². The summed E-state index contributed by atoms with van der Waals surface area (Å²) in [6, 6.07) is 11.4. The van der Waals surface area contributed by atoms with Crippen molar-refractivity contribution in [2.75, 3.05) is 38.4 Å². The highest BCUT2D eigenvalue weighted by Crippen LogP contribution is 2.30. The van der Waals surface area contributed by atoms with Crippen molar-refractivity contribution in [1.82, 2.24) is 20.3 Å². The molecule has 0 saturated heterocycles. The van der Waals surface area contributed by atoms with Gasteiger partial charge in [0.1, 0.15) is 23.7 Å². The maximum atomic E-state index is 11.9. The van der Waals surface area contributed by atoms with Crippen LogP contribution in [0.2, 0.25) is 0 Å². The van der Waals surface area contributed by atoms with E-state index < -0.39 is 0 Å². The van der Waals surface area contributed by atoms with Crippen LogP contribution in [0.4, 0.5) is 11.6 Å². The minimum atomic E-state index is -0.130. The fourth-order valence-corrected chi connectivity index (χ4v) is 3.28. The quantitative estimate of drug-likeness (QED) is 0.487. The molecular weight excluding hydrogens is 392 g/mol. The monoisotopic (exact) mass is 420 g/mol. The molecule has 3 aromatic rings. The first-order chi connectivity index (χ1) is 15.0. The Labute approximate surface area is 182 Å². The van der Waals surface area contributed by atoms with E-state index in [9.17, 15) is 4.79 Å². The normalized spacial score (nSPS) is 11.5. The molecule has 31 heavy (non-hydrogen) atoms. The minimum absolute atomic E-state index is 0.130. The number of carbonyl (C=O) groups is 1. The van der Waals surface area contributed by atoms with Crippen LogP contribution in [0, 0.1) is 0 Å². The minimum Gasteiger partial charge on any atom is -0.496 e. The van der Waals surface area contributed by atoms with Crippen LogP contribution in [0.5, 0.6) is 5.75 Å². The van der Waals surface area contributed by atoms with E-state index in [-0.39, 0.29) is 11.8 Å². The van der Waals surface area contributed by atoms with Crippen molar-refractivity contribution < 1.29 is 9.53 Å². The summed E-state index contributed by atoms with van der Waals surface area (Å²) in [5, 5.41) is 9.00. The third-order valence-electron chi connectivity index (χ3n) is 5.12. The number of ether oxygens (including phenoxy) is 1. The maximum absolute atomic E-state index is 11.9. The zero-order valence-corrected chi connectivity index (χ0v) is 18.3. The fraction of sp³-hybridized carbons (Fsp3) is 0.304. The number of aromatic nitrogens is 3. The Kier molecular flexibility index (Phi) is 7.37. The van der Waals surface area contributed by atoms with Gasteiger partial charge >= 0.3 is 0 Å². The van der Waals surface area contributed by atoms with Gasteiger partial charge < -0.3 is 20.7 Å². The lowest BCUT2D eigenvalue weighted by molar-refractivity contribution is 0.0962. The Morgan fingerprint density at radius 2 is 1.90 bits per heavy atom. The smallest absolute Gasteiger partial charge is 0.251 e. The molecule has 3 N–H and O–H groups in total. The average Bonchev–Trinajstić information content (AvgIpc) is 2.83. The van der Waals surface area contributed by atoms with Crippen LogP contribution in [0.25, 0.3) is 11.3 Å². The molecule has 0 aliphatic rings. The van der Waals surface area contributed by atoms with Gasteiger partial charge in [0.15, 0.2) is 0 Å². The lowest BCUT2D eigenvalue weighted by Crippen LogP contribution is -2.18. The van der Waals surface area contributed by atoms with Gasteiger partial charge in [-0.25, -0.2) is 15.0 Å². The molecule has 1 amide bonds. The zero-order valence-electron chi connectivity index (χ0n) is 18.3. The van der Waals surface area contributed by atoms with Crippen LogP contribution >= 0.6 is 0 Å². The molecule has 0 bridgehead atoms. The van der Waals surface area contributed by atoms with E-state index in [1.165, 1.54) is 0 Å². The van der Waals surface area contributed by atoms with E-state index in [0.29, 0.717) is 5.56 Å². The largest absolute Gasteiger partial charge is 0.496 e. The predicted molar refractivity (Wildman–Crippen MR) is 123 cm³/mol. The second-order valence-electron chi connectivity index (χ2n) is 7.12. The molecule has 2 aromatic heterocycles. The van der Waals surface area contributed by atoms with Crippen LogP contribution in [-0.2, 0) is 0 Å². The number of benzene rings is 1. The molecule has 0 spiro atoms. The van der Waals surface area contributed by atoms with Gasteiger partial charge in [0, 0.05) is 44.0 Å². The van der Waals surface area contributed by atoms with Gasteiger partial charge in [0.05, 0.1) is 12.8 Å². The second kappa shape index (κ2) is 10.4. The molecule has 1 aromatic carbocycles. The van der Waals surface area contributed by atoms with Crippen molar-refractivity contribution in [1.29, 1.82) is 0 Å². The second-order valence-corrected chi connectivity index (χ2v) is 7.12. The van der Waals surface area contributed by atoms with E-state index in [1.54, 1.807) is 32.7 Å². The number of hydrogen-bond donors (Lipinski definition) is 3. The topological polar surface area (TPSA) is 101 Å². The number of amides is 1. The molecule has 0 saturated carbocycles. The Morgan fingerprint density at radius 1 is 1.06 bits per heavy atom. The fourth-order valence-electron chi connectivity index (χ4n) is 3.28. The van der Waals surface area contributed by atoms with Crippen molar-refractivity contribution in [3.8, 4) is 17.0 Å². The molecule has 3 rings (SSSR count). The number of rotatable bonds is 9. The van der Waals surface area contributed by atoms with Gasteiger partial charge in [-0.3, -0.25) is 4.79 Å². The molecule has 0 fully saturated rings. The van der Waals surface area contributed by atoms with Crippen LogP contribution in [0.1, 0.15) is 35.2 Å². The molecule has 8 nitrogen and oxygen atoms in total. The third kappa shape index (κ3) is 5.48. The molecule has 162 valence electrons. The highest BCUT2D eigenvalue weighted by Gasteiger charge is 2.14. The SMILES string of the molecule is CNC(=O)c1ccc(C(C)CCNc2cc(-c3ccc(NC)nc3)ncn2)c(OC)c1. The lowest BCUT2D eigenvalue weighted by atomic mass is 9.95. The number of pyridine rings is 1. The molecule has 0 radical (unpaired) electrons. The molecular formula is C23H28N6O2. The summed E-state index contributed by atoms with van der Waals surface area (Å²) in [6.45, 7) is 2.87. The van der Waals surface area contributed by atoms with E-state index in [0.717, 1.165) is 47.2 Å². The van der Waals surface area contributed by atoms with Crippen LogP contribution in [0.15, 0.2) is 48.9 Å². The first kappa shape index (κ1) is 22.0. The van der Waals surface area contributed by atoms with Crippen molar-refractivity contribution in [2.24, 2.45) is 0 Å². The van der Waals surface area contributed by atoms with Gasteiger partial charge in [0.25, 0.3) is 5.91 Å². The van der Waals surface area contributed by atoms with E-state index in [2.05, 4.69) is 37.8 Å². The van der Waals surface area contributed by atoms with Gasteiger partial charge in [-0.15, -0.1) is 0 Å². The van der Waals surface area contributed by atoms with Gasteiger partial charge in [-0.05, 0) is 42.2 Å². The van der Waals surface area contributed by atoms with Crippen molar-refractivity contribution in [2.45, 2.75) is 19.3 Å². The predicted octanol–water partition coefficient (Wildman–Crippen LogP) is 3.55. The standard InChI is InChI=1S/C23H28N6O2/c1-15(18-7-5-16(23(30)25-3)11-20(18)31-4)9-10-26-22-12-19(28-14-29-22)17-6-8-21(24-2)27-13-17/h5-8,11-15H,9-10H2,1-4H3,(H,24,27)(H,25,30)(H,26,28,29). The third-order valence-corrected chi connectivity index (χ3v) is 5.12. The summed E-state index contributed by atoms with van der Waals surface area (Å²) < 4.78 is 5.52. The Hall–Kier alpha value is -3.68. The average molecular weight is 421 g/mol. The highest BCUT2D eigenvalue weighted by molar-refractivity contribution is 5.94. The van der Waals surface area contributed by atoms with E-state index >= 15 is 0 Å². The summed E-state index contributed by atoms with van der Waals surface area (Å²) in [5.74, 6) is 2.39. The lowest BCUT2D eigenvalue weighted by Gasteiger charge is -2.17. The molecule has 0 aliphatic heterocycles. The van der Waals surface area contributed by atoms with E-state index in [1.807, 2.05) is 37.4 Å². The number of nitrogens with one attached hydrogen (secondary N) is 3. The summed E-state index contributed by atoms with van der Waals surface area (Å²) in [4.78, 5) is 24.9. The highest BCUT2D eigenvalue weighted by atomic mass is 16.5. The van der Waals surface area contributed by atoms with Crippen molar-refractivity contribution >= 4 is 17.5 Å². The number of nitrogens with zero attached hydrogens (tertiary/aromatic N) is 3. The van der Waals surface area contributed by atoms with Crippen LogP contribution in [0.3, 0.4) is 0 Å². The first-order valence-electron chi connectivity index (χ1n) is 10.2. The van der Waals surface area contributed by atoms with Gasteiger partial charge in [-0.1, -0.05) is 13.0 Å². The Bertz CT molecular complexity index is 1020. The molecule has 8 heteroatoms. The number of methoxy groups -OCH3 is 1. The molecule has 2 heterocycles. The van der Waals surface area contributed by atoms with Gasteiger partial charge in [-0.2, -0.15) is 0 Å². The molecule has 0 aliphatic carbocycles. The van der Waals surface area contributed by atoms with Crippen molar-refractivity contribution in [3.63, 3.8) is 0 Å². The molecule has 1 unspecified atom stereocenters.